The van der Waals surface area contributed by atoms with Crippen molar-refractivity contribution < 1.29 is 4.42 Å². The molecule has 0 saturated carbocycles. The van der Waals surface area contributed by atoms with Gasteiger partial charge in [0, 0.05) is 0 Å². The van der Waals surface area contributed by atoms with Crippen LogP contribution in [0.3, 0.4) is 0 Å². The Balaban J connectivity index is 2.45. The fraction of sp³-hybridized carbons (Fsp3) is 0.412. The van der Waals surface area contributed by atoms with E-state index in [0.29, 0.717) is 16.5 Å². The Labute approximate surface area is 129 Å². The smallest absolute Gasteiger partial charge is 0.169 e. The summed E-state index contributed by atoms with van der Waals surface area (Å²) in [6.07, 6.45) is 0. The molecular weight excluding hydrogens is 314 g/mol. The lowest BCUT2D eigenvalue weighted by atomic mass is 9.88. The van der Waals surface area contributed by atoms with E-state index in [9.17, 15) is 0 Å². The summed E-state index contributed by atoms with van der Waals surface area (Å²) in [6.45, 7) is 8.83. The van der Waals surface area contributed by atoms with E-state index < -0.39 is 0 Å². The highest BCUT2D eigenvalue weighted by molar-refractivity contribution is 9.10. The maximum Gasteiger partial charge on any atom is 0.169 e. The summed E-state index contributed by atoms with van der Waals surface area (Å²) in [5.74, 6) is 1.75. The van der Waals surface area contributed by atoms with Gasteiger partial charge >= 0.3 is 0 Å². The Morgan fingerprint density at radius 3 is 2.15 bits per heavy atom. The number of hydrogen-bond donors (Lipinski definition) is 1. The lowest BCUT2D eigenvalue weighted by Crippen LogP contribution is -2.14. The van der Waals surface area contributed by atoms with Crippen LogP contribution in [-0.4, -0.2) is 0 Å². The summed E-state index contributed by atoms with van der Waals surface area (Å²) < 4.78 is 6.32. The minimum absolute atomic E-state index is 0.222. The summed E-state index contributed by atoms with van der Waals surface area (Å²) in [5.41, 5.74) is 10.2. The van der Waals surface area contributed by atoms with Gasteiger partial charge < -0.3 is 10.2 Å². The molecule has 2 rings (SSSR count). The predicted octanol–water partition coefficient (Wildman–Crippen LogP) is 5.34. The highest BCUT2D eigenvalue weighted by atomic mass is 79.9. The monoisotopic (exact) mass is 335 g/mol. The van der Waals surface area contributed by atoms with E-state index >= 15 is 0 Å². The van der Waals surface area contributed by atoms with Crippen LogP contribution < -0.4 is 5.73 Å². The van der Waals surface area contributed by atoms with Crippen LogP contribution in [0.4, 0.5) is 0 Å². The zero-order valence-corrected chi connectivity index (χ0v) is 14.1. The largest absolute Gasteiger partial charge is 0.452 e. The Kier molecular flexibility index (Phi) is 4.71. The number of furan rings is 1. The van der Waals surface area contributed by atoms with Gasteiger partial charge in [0.25, 0.3) is 0 Å². The molecule has 1 aromatic carbocycles. The first kappa shape index (κ1) is 15.3. The van der Waals surface area contributed by atoms with Crippen molar-refractivity contribution in [3.05, 3.63) is 57.5 Å². The molecule has 0 aliphatic rings. The lowest BCUT2D eigenvalue weighted by Gasteiger charge is -2.19. The minimum Gasteiger partial charge on any atom is -0.452 e. The molecule has 1 atom stereocenters. The molecule has 0 aliphatic heterocycles. The molecule has 0 aliphatic carbocycles. The standard InChI is InChI=1S/C17H22BrNO/c1-10(2)12-5-6-13(14(9-12)11(3)4)17(19)15-7-8-16(18)20-15/h5-11,17H,19H2,1-4H3. The quantitative estimate of drug-likeness (QED) is 0.819. The van der Waals surface area contributed by atoms with Gasteiger partial charge in [-0.25, -0.2) is 0 Å². The minimum atomic E-state index is -0.222. The van der Waals surface area contributed by atoms with Crippen molar-refractivity contribution >= 4 is 15.9 Å². The van der Waals surface area contributed by atoms with Crippen LogP contribution in [0.1, 0.15) is 68.0 Å². The van der Waals surface area contributed by atoms with E-state index in [2.05, 4.69) is 61.8 Å². The van der Waals surface area contributed by atoms with Gasteiger partial charge in [0.2, 0.25) is 0 Å². The molecule has 1 unspecified atom stereocenters. The maximum absolute atomic E-state index is 6.38. The number of halogens is 1. The van der Waals surface area contributed by atoms with Gasteiger partial charge in [-0.2, -0.15) is 0 Å². The summed E-state index contributed by atoms with van der Waals surface area (Å²) in [4.78, 5) is 0. The average molecular weight is 336 g/mol. The van der Waals surface area contributed by atoms with Gasteiger partial charge in [-0.3, -0.25) is 0 Å². The van der Waals surface area contributed by atoms with Crippen LogP contribution in [0.15, 0.2) is 39.4 Å². The van der Waals surface area contributed by atoms with E-state index in [4.69, 9.17) is 10.2 Å². The molecule has 1 heterocycles. The van der Waals surface area contributed by atoms with Crippen molar-refractivity contribution in [3.63, 3.8) is 0 Å². The molecule has 1 aromatic heterocycles. The van der Waals surface area contributed by atoms with Crippen LogP contribution in [0, 0.1) is 0 Å². The summed E-state index contributed by atoms with van der Waals surface area (Å²) in [7, 11) is 0. The van der Waals surface area contributed by atoms with Crippen molar-refractivity contribution in [1.82, 2.24) is 0 Å². The topological polar surface area (TPSA) is 39.2 Å². The molecule has 0 fully saturated rings. The van der Waals surface area contributed by atoms with E-state index in [0.717, 1.165) is 11.3 Å². The van der Waals surface area contributed by atoms with Crippen LogP contribution in [-0.2, 0) is 0 Å². The first-order chi connectivity index (χ1) is 9.40. The Morgan fingerprint density at radius 2 is 1.65 bits per heavy atom. The molecule has 2 nitrogen and oxygen atoms in total. The van der Waals surface area contributed by atoms with Gasteiger partial charge in [0.1, 0.15) is 5.76 Å². The molecule has 108 valence electrons. The Bertz CT molecular complexity index is 586. The number of nitrogens with two attached hydrogens (primary N) is 1. The predicted molar refractivity (Wildman–Crippen MR) is 87.1 cm³/mol. The van der Waals surface area contributed by atoms with Gasteiger partial charge in [0.15, 0.2) is 4.67 Å². The molecule has 0 bridgehead atoms. The van der Waals surface area contributed by atoms with Crippen molar-refractivity contribution in [3.8, 4) is 0 Å². The SMILES string of the molecule is CC(C)c1ccc(C(N)c2ccc(Br)o2)c(C(C)C)c1. The van der Waals surface area contributed by atoms with Gasteiger partial charge in [-0.1, -0.05) is 45.9 Å². The second-order valence-corrected chi connectivity index (χ2v) is 6.60. The summed E-state index contributed by atoms with van der Waals surface area (Å²) >= 11 is 3.33. The van der Waals surface area contributed by atoms with Crippen molar-refractivity contribution in [2.45, 2.75) is 45.6 Å². The first-order valence-electron chi connectivity index (χ1n) is 7.04. The second kappa shape index (κ2) is 6.15. The maximum atomic E-state index is 6.38. The van der Waals surface area contributed by atoms with E-state index in [1.807, 2.05) is 12.1 Å². The Morgan fingerprint density at radius 1 is 0.950 bits per heavy atom. The van der Waals surface area contributed by atoms with Crippen molar-refractivity contribution in [2.75, 3.05) is 0 Å². The van der Waals surface area contributed by atoms with E-state index in [-0.39, 0.29) is 6.04 Å². The molecular formula is C17H22BrNO. The molecule has 0 saturated heterocycles. The third kappa shape index (κ3) is 3.15. The molecule has 0 amide bonds. The van der Waals surface area contributed by atoms with Crippen LogP contribution in [0.2, 0.25) is 0 Å². The molecule has 2 aromatic rings. The Hall–Kier alpha value is -1.06. The van der Waals surface area contributed by atoms with Gasteiger partial charge in [-0.05, 0) is 56.6 Å². The third-order valence-corrected chi connectivity index (χ3v) is 4.06. The normalized spacial score (nSPS) is 13.2. The second-order valence-electron chi connectivity index (χ2n) is 5.82. The molecule has 3 heteroatoms. The molecule has 2 N–H and O–H groups in total. The first-order valence-corrected chi connectivity index (χ1v) is 7.84. The number of rotatable bonds is 4. The highest BCUT2D eigenvalue weighted by Crippen LogP contribution is 2.32. The fourth-order valence-corrected chi connectivity index (χ4v) is 2.70. The van der Waals surface area contributed by atoms with E-state index in [1.54, 1.807) is 0 Å². The van der Waals surface area contributed by atoms with Crippen molar-refractivity contribution in [1.29, 1.82) is 0 Å². The van der Waals surface area contributed by atoms with Crippen LogP contribution in [0.5, 0.6) is 0 Å². The van der Waals surface area contributed by atoms with Gasteiger partial charge in [0.05, 0.1) is 6.04 Å². The zero-order chi connectivity index (χ0) is 14.9. The zero-order valence-electron chi connectivity index (χ0n) is 12.5. The van der Waals surface area contributed by atoms with Gasteiger partial charge in [-0.15, -0.1) is 0 Å². The average Bonchev–Trinajstić information content (AvgIpc) is 2.83. The lowest BCUT2D eigenvalue weighted by molar-refractivity contribution is 0.469. The number of hydrogen-bond acceptors (Lipinski definition) is 2. The summed E-state index contributed by atoms with van der Waals surface area (Å²) in [6, 6.07) is 10.2. The fourth-order valence-electron chi connectivity index (χ4n) is 2.38. The van der Waals surface area contributed by atoms with Crippen LogP contribution in [0.25, 0.3) is 0 Å². The highest BCUT2D eigenvalue weighted by Gasteiger charge is 2.19. The third-order valence-electron chi connectivity index (χ3n) is 3.64. The van der Waals surface area contributed by atoms with E-state index in [1.165, 1.54) is 11.1 Å². The summed E-state index contributed by atoms with van der Waals surface area (Å²) in [5, 5.41) is 0. The molecule has 0 radical (unpaired) electrons. The molecule has 0 spiro atoms. The van der Waals surface area contributed by atoms with Crippen molar-refractivity contribution in [2.24, 2.45) is 5.73 Å². The molecule has 20 heavy (non-hydrogen) atoms. The van der Waals surface area contributed by atoms with Crippen LogP contribution >= 0.6 is 15.9 Å². The number of benzene rings is 1.